The number of aromatic nitrogens is 1. The lowest BCUT2D eigenvalue weighted by Gasteiger charge is -1.83. The summed E-state index contributed by atoms with van der Waals surface area (Å²) >= 11 is 0. The van der Waals surface area contributed by atoms with Crippen molar-refractivity contribution in [2.75, 3.05) is 0 Å². The molecule has 0 unspecified atom stereocenters. The summed E-state index contributed by atoms with van der Waals surface area (Å²) in [4.78, 5) is 29.2. The summed E-state index contributed by atoms with van der Waals surface area (Å²) in [7, 11) is 0. The van der Waals surface area contributed by atoms with Crippen LogP contribution in [0.2, 0.25) is 0 Å². The van der Waals surface area contributed by atoms with Crippen molar-refractivity contribution in [3.8, 4) is 0 Å². The molecule has 11 nitrogen and oxygen atoms in total. The molecule has 0 saturated heterocycles. The van der Waals surface area contributed by atoms with E-state index in [-0.39, 0.29) is 0 Å². The second-order valence-electron chi connectivity index (χ2n) is 1.90. The molecule has 1 rings (SSSR count). The van der Waals surface area contributed by atoms with Gasteiger partial charge in [-0.05, 0) is 4.92 Å². The maximum atomic E-state index is 10.1. The van der Waals surface area contributed by atoms with Gasteiger partial charge in [-0.2, -0.15) is 0 Å². The zero-order chi connectivity index (χ0) is 10.9. The van der Waals surface area contributed by atoms with Crippen LogP contribution in [-0.2, 0) is 0 Å². The van der Waals surface area contributed by atoms with Crippen LogP contribution in [0.15, 0.2) is 4.42 Å². The summed E-state index contributed by atoms with van der Waals surface area (Å²) in [6.45, 7) is 0. The average molecular weight is 204 g/mol. The van der Waals surface area contributed by atoms with E-state index in [0.717, 1.165) is 0 Å². The third-order valence-corrected chi connectivity index (χ3v) is 1.08. The monoisotopic (exact) mass is 204 g/mol. The van der Waals surface area contributed by atoms with Crippen molar-refractivity contribution in [2.24, 2.45) is 0 Å². The standard InChI is InChI=1S/C3N4O7/c8-5(9)1-2(6(10)11)14-3(4-1)7(12)13. The molecule has 0 spiro atoms. The van der Waals surface area contributed by atoms with Gasteiger partial charge < -0.3 is 24.6 Å². The molecule has 0 aromatic carbocycles. The first-order valence-electron chi connectivity index (χ1n) is 2.87. The van der Waals surface area contributed by atoms with E-state index < -0.39 is 32.5 Å². The van der Waals surface area contributed by atoms with Crippen molar-refractivity contribution in [1.82, 2.24) is 4.98 Å². The molecule has 0 N–H and O–H groups in total. The number of hydrogen-bond donors (Lipinski definition) is 0. The topological polar surface area (TPSA) is 155 Å². The maximum absolute atomic E-state index is 10.1. The number of nitro groups is 3. The highest BCUT2D eigenvalue weighted by molar-refractivity contribution is 5.39. The van der Waals surface area contributed by atoms with E-state index in [4.69, 9.17) is 0 Å². The van der Waals surface area contributed by atoms with Gasteiger partial charge in [0.25, 0.3) is 0 Å². The highest BCUT2D eigenvalue weighted by atomic mass is 16.7. The third kappa shape index (κ3) is 1.45. The fourth-order valence-electron chi connectivity index (χ4n) is 0.609. The van der Waals surface area contributed by atoms with Crippen molar-refractivity contribution in [3.63, 3.8) is 0 Å². The van der Waals surface area contributed by atoms with Crippen molar-refractivity contribution >= 4 is 17.7 Å². The lowest BCUT2D eigenvalue weighted by atomic mass is 10.7. The van der Waals surface area contributed by atoms with Crippen LogP contribution in [-0.4, -0.2) is 19.8 Å². The zero-order valence-corrected chi connectivity index (χ0v) is 6.15. The van der Waals surface area contributed by atoms with E-state index in [0.29, 0.717) is 0 Å². The molecule has 1 aromatic rings. The summed E-state index contributed by atoms with van der Waals surface area (Å²) < 4.78 is 3.95. The number of oxazole rings is 1. The van der Waals surface area contributed by atoms with Crippen molar-refractivity contribution in [3.05, 3.63) is 30.3 Å². The SMILES string of the molecule is O=[N+]([O-])c1nc([N+](=O)[O-])c([N+](=O)[O-])o1. The van der Waals surface area contributed by atoms with Crippen LogP contribution < -0.4 is 0 Å². The quantitative estimate of drug-likeness (QED) is 0.505. The molecule has 0 saturated carbocycles. The van der Waals surface area contributed by atoms with Gasteiger partial charge in [0, 0.05) is 4.92 Å². The molecule has 1 heterocycles. The van der Waals surface area contributed by atoms with Crippen molar-refractivity contribution in [2.45, 2.75) is 0 Å². The summed E-state index contributed by atoms with van der Waals surface area (Å²) in [5.41, 5.74) is 0. The molecular weight excluding hydrogens is 204 g/mol. The normalized spacial score (nSPS) is 9.71. The van der Waals surface area contributed by atoms with Gasteiger partial charge in [-0.1, -0.05) is 0 Å². The molecule has 0 aliphatic carbocycles. The smallest absolute Gasteiger partial charge is 0.358 e. The Balaban J connectivity index is 3.33. The molecule has 0 radical (unpaired) electrons. The Labute approximate surface area is 73.4 Å². The minimum Gasteiger partial charge on any atom is -0.358 e. The average Bonchev–Trinajstić information content (AvgIpc) is 2.47. The Bertz CT molecular complexity index is 389. The van der Waals surface area contributed by atoms with Gasteiger partial charge in [-0.15, -0.1) is 0 Å². The Hall–Kier alpha value is -2.59. The van der Waals surface area contributed by atoms with Crippen LogP contribution in [0.4, 0.5) is 17.7 Å². The second kappa shape index (κ2) is 3.04. The minimum absolute atomic E-state index is 1.21. The lowest BCUT2D eigenvalue weighted by molar-refractivity contribution is -0.439. The fraction of sp³-hybridized carbons (Fsp3) is 0. The van der Waals surface area contributed by atoms with Crippen LogP contribution in [0, 0.1) is 30.3 Å². The molecule has 0 aliphatic heterocycles. The first kappa shape index (κ1) is 9.50. The molecule has 14 heavy (non-hydrogen) atoms. The number of nitrogens with zero attached hydrogens (tertiary/aromatic N) is 4. The van der Waals surface area contributed by atoms with Gasteiger partial charge in [0.05, 0.1) is 4.98 Å². The first-order chi connectivity index (χ1) is 6.43. The predicted molar refractivity (Wildman–Crippen MR) is 36.5 cm³/mol. The Kier molecular flexibility index (Phi) is 2.06. The summed E-state index contributed by atoms with van der Waals surface area (Å²) in [5.74, 6) is -2.65. The zero-order valence-electron chi connectivity index (χ0n) is 6.15. The molecule has 0 atom stereocenters. The van der Waals surface area contributed by atoms with Crippen LogP contribution in [0.25, 0.3) is 0 Å². The molecular formula is C3N4O7. The second-order valence-corrected chi connectivity index (χ2v) is 1.90. The predicted octanol–water partition coefficient (Wildman–Crippen LogP) is 0.399. The molecule has 0 amide bonds. The van der Waals surface area contributed by atoms with Gasteiger partial charge in [0.2, 0.25) is 0 Å². The van der Waals surface area contributed by atoms with Crippen molar-refractivity contribution in [1.29, 1.82) is 0 Å². The minimum atomic E-state index is -1.36. The summed E-state index contributed by atoms with van der Waals surface area (Å²) in [6, 6.07) is -1.29. The van der Waals surface area contributed by atoms with E-state index in [1.807, 2.05) is 0 Å². The first-order valence-corrected chi connectivity index (χ1v) is 2.87. The number of hydrogen-bond acceptors (Lipinski definition) is 8. The Morgan fingerprint density at radius 3 is 1.86 bits per heavy atom. The largest absolute Gasteiger partial charge is 0.555 e. The van der Waals surface area contributed by atoms with Gasteiger partial charge in [0.1, 0.15) is 4.92 Å². The Morgan fingerprint density at radius 2 is 1.57 bits per heavy atom. The van der Waals surface area contributed by atoms with E-state index in [2.05, 4.69) is 9.40 Å². The van der Waals surface area contributed by atoms with E-state index in [1.165, 1.54) is 0 Å². The van der Waals surface area contributed by atoms with Gasteiger partial charge >= 0.3 is 17.7 Å². The van der Waals surface area contributed by atoms with Gasteiger partial charge in [-0.3, -0.25) is 10.1 Å². The Morgan fingerprint density at radius 1 is 1.00 bits per heavy atom. The van der Waals surface area contributed by atoms with Crippen LogP contribution in [0.1, 0.15) is 0 Å². The highest BCUT2D eigenvalue weighted by Gasteiger charge is 2.38. The number of rotatable bonds is 3. The molecule has 11 heteroatoms. The van der Waals surface area contributed by atoms with Gasteiger partial charge in [-0.25, -0.2) is 0 Å². The summed E-state index contributed by atoms with van der Waals surface area (Å²) in [6.07, 6.45) is 0. The molecule has 74 valence electrons. The fourth-order valence-corrected chi connectivity index (χ4v) is 0.609. The highest BCUT2D eigenvalue weighted by Crippen LogP contribution is 2.29. The van der Waals surface area contributed by atoms with E-state index in [9.17, 15) is 30.3 Å². The maximum Gasteiger partial charge on any atom is 0.555 e. The van der Waals surface area contributed by atoms with Crippen LogP contribution in [0.5, 0.6) is 0 Å². The van der Waals surface area contributed by atoms with Gasteiger partial charge in [0.15, 0.2) is 0 Å². The third-order valence-electron chi connectivity index (χ3n) is 1.08. The van der Waals surface area contributed by atoms with E-state index in [1.54, 1.807) is 0 Å². The summed E-state index contributed by atoms with van der Waals surface area (Å²) in [5, 5.41) is 30.2. The molecule has 0 bridgehead atoms. The van der Waals surface area contributed by atoms with Crippen molar-refractivity contribution < 1.29 is 19.2 Å². The molecule has 1 aromatic heterocycles. The van der Waals surface area contributed by atoms with Crippen LogP contribution >= 0.6 is 0 Å². The van der Waals surface area contributed by atoms with E-state index >= 15 is 0 Å². The molecule has 0 aliphatic rings. The lowest BCUT2D eigenvalue weighted by Crippen LogP contribution is -1.94. The molecule has 0 fully saturated rings. The van der Waals surface area contributed by atoms with Crippen LogP contribution in [0.3, 0.4) is 0 Å².